The van der Waals surface area contributed by atoms with Gasteiger partial charge in [0.15, 0.2) is 0 Å². The molecule has 0 radical (unpaired) electrons. The third-order valence-corrected chi connectivity index (χ3v) is 3.19. The van der Waals surface area contributed by atoms with Crippen molar-refractivity contribution in [1.82, 2.24) is 14.8 Å². The van der Waals surface area contributed by atoms with Crippen molar-refractivity contribution in [1.29, 1.82) is 0 Å². The fourth-order valence-electron chi connectivity index (χ4n) is 2.11. The lowest BCUT2D eigenvalue weighted by molar-refractivity contribution is 0.234. The number of likely N-dealkylation sites (N-methyl/N-ethyl adjacent to an activating group) is 1. The average Bonchev–Trinajstić information content (AvgIpc) is 2.43. The second-order valence-electron chi connectivity index (χ2n) is 5.56. The number of aromatic nitrogens is 1. The molecule has 0 aliphatic rings. The molecule has 1 N–H and O–H groups in total. The summed E-state index contributed by atoms with van der Waals surface area (Å²) in [5, 5.41) is 3.35. The average molecular weight is 278 g/mol. The number of nitrogens with zero attached hydrogens (tertiary/aromatic N) is 3. The van der Waals surface area contributed by atoms with Crippen LogP contribution < -0.4 is 5.32 Å². The van der Waals surface area contributed by atoms with E-state index in [1.165, 1.54) is 12.0 Å². The number of pyridine rings is 1. The largest absolute Gasteiger partial charge is 0.370 e. The van der Waals surface area contributed by atoms with Gasteiger partial charge >= 0.3 is 0 Å². The minimum atomic E-state index is 0.982. The zero-order chi connectivity index (χ0) is 14.8. The van der Waals surface area contributed by atoms with Gasteiger partial charge in [-0.15, -0.1) is 0 Å². The van der Waals surface area contributed by atoms with Crippen molar-refractivity contribution in [3.8, 4) is 0 Å². The molecule has 1 aromatic heterocycles. The number of hydrogen-bond acceptors (Lipinski definition) is 4. The first-order valence-electron chi connectivity index (χ1n) is 7.71. The Bertz CT molecular complexity index is 365. The van der Waals surface area contributed by atoms with Gasteiger partial charge in [-0.05, 0) is 51.2 Å². The highest BCUT2D eigenvalue weighted by Gasteiger charge is 2.06. The molecule has 4 heteroatoms. The molecule has 0 aliphatic carbocycles. The lowest BCUT2D eigenvalue weighted by Crippen LogP contribution is -2.32. The van der Waals surface area contributed by atoms with Crippen LogP contribution in [0.3, 0.4) is 0 Å². The monoisotopic (exact) mass is 278 g/mol. The first-order chi connectivity index (χ1) is 9.65. The fourth-order valence-corrected chi connectivity index (χ4v) is 2.11. The van der Waals surface area contributed by atoms with Crippen LogP contribution in [0.5, 0.6) is 0 Å². The van der Waals surface area contributed by atoms with E-state index in [4.69, 9.17) is 0 Å². The zero-order valence-electron chi connectivity index (χ0n) is 13.5. The number of nitrogens with one attached hydrogen (secondary N) is 1. The van der Waals surface area contributed by atoms with Gasteiger partial charge in [-0.2, -0.15) is 0 Å². The van der Waals surface area contributed by atoms with E-state index >= 15 is 0 Å². The topological polar surface area (TPSA) is 31.4 Å². The van der Waals surface area contributed by atoms with Crippen LogP contribution in [0, 0.1) is 0 Å². The lowest BCUT2D eigenvalue weighted by Gasteiger charge is -2.23. The van der Waals surface area contributed by atoms with Crippen LogP contribution in [-0.2, 0) is 6.54 Å². The Kier molecular flexibility index (Phi) is 8.23. The van der Waals surface area contributed by atoms with Crippen LogP contribution in [0.1, 0.15) is 32.3 Å². The molecule has 1 heterocycles. The van der Waals surface area contributed by atoms with Crippen molar-refractivity contribution in [3.63, 3.8) is 0 Å². The fraction of sp³-hybridized carbons (Fsp3) is 0.688. The summed E-state index contributed by atoms with van der Waals surface area (Å²) in [6.07, 6.45) is 4.22. The Labute approximate surface area is 124 Å². The number of rotatable bonds is 10. The Balaban J connectivity index is 2.57. The van der Waals surface area contributed by atoms with Gasteiger partial charge in [-0.1, -0.05) is 13.8 Å². The van der Waals surface area contributed by atoms with Crippen molar-refractivity contribution in [2.24, 2.45) is 0 Å². The summed E-state index contributed by atoms with van der Waals surface area (Å²) in [4.78, 5) is 9.12. The van der Waals surface area contributed by atoms with E-state index in [1.54, 1.807) is 0 Å². The summed E-state index contributed by atoms with van der Waals surface area (Å²) >= 11 is 0. The molecule has 0 unspecified atom stereocenters. The first kappa shape index (κ1) is 16.9. The first-order valence-corrected chi connectivity index (χ1v) is 7.71. The molecule has 0 saturated carbocycles. The van der Waals surface area contributed by atoms with Crippen LogP contribution >= 0.6 is 0 Å². The maximum absolute atomic E-state index is 4.37. The zero-order valence-corrected chi connectivity index (χ0v) is 13.5. The lowest BCUT2D eigenvalue weighted by atomic mass is 10.2. The maximum atomic E-state index is 4.37. The second-order valence-corrected chi connectivity index (χ2v) is 5.56. The summed E-state index contributed by atoms with van der Waals surface area (Å²) in [5.41, 5.74) is 1.34. The summed E-state index contributed by atoms with van der Waals surface area (Å²) in [6, 6.07) is 4.30. The van der Waals surface area contributed by atoms with Gasteiger partial charge in [0.05, 0.1) is 0 Å². The Morgan fingerprint density at radius 2 is 1.90 bits per heavy atom. The number of anilines is 1. The standard InChI is InChI=1S/C16H30N4/c1-5-8-17-16-13-15(7-9-18-16)14-20(10-6-2)12-11-19(3)4/h7,9,13H,5-6,8,10-12,14H2,1-4H3,(H,17,18). The smallest absolute Gasteiger partial charge is 0.126 e. The molecular weight excluding hydrogens is 248 g/mol. The Hall–Kier alpha value is -1.13. The third kappa shape index (κ3) is 6.87. The summed E-state index contributed by atoms with van der Waals surface area (Å²) in [6.45, 7) is 9.76. The van der Waals surface area contributed by atoms with E-state index in [2.05, 4.69) is 60.2 Å². The maximum Gasteiger partial charge on any atom is 0.126 e. The normalized spacial score (nSPS) is 11.3. The van der Waals surface area contributed by atoms with E-state index in [-0.39, 0.29) is 0 Å². The molecule has 0 amide bonds. The highest BCUT2D eigenvalue weighted by Crippen LogP contribution is 2.10. The van der Waals surface area contributed by atoms with E-state index in [9.17, 15) is 0 Å². The van der Waals surface area contributed by atoms with Gasteiger partial charge in [0.25, 0.3) is 0 Å². The van der Waals surface area contributed by atoms with Gasteiger partial charge in [-0.3, -0.25) is 4.90 Å². The summed E-state index contributed by atoms with van der Waals surface area (Å²) in [7, 11) is 4.26. The molecule has 114 valence electrons. The predicted molar refractivity (Wildman–Crippen MR) is 87.1 cm³/mol. The van der Waals surface area contributed by atoms with Crippen molar-refractivity contribution < 1.29 is 0 Å². The number of hydrogen-bond donors (Lipinski definition) is 1. The molecule has 1 aromatic rings. The Morgan fingerprint density at radius 1 is 1.10 bits per heavy atom. The van der Waals surface area contributed by atoms with Crippen LogP contribution in [0.4, 0.5) is 5.82 Å². The van der Waals surface area contributed by atoms with Crippen molar-refractivity contribution in [3.05, 3.63) is 23.9 Å². The van der Waals surface area contributed by atoms with Crippen LogP contribution in [-0.4, -0.2) is 55.1 Å². The molecule has 0 spiro atoms. The van der Waals surface area contributed by atoms with Gasteiger partial charge < -0.3 is 10.2 Å². The van der Waals surface area contributed by atoms with E-state index in [0.29, 0.717) is 0 Å². The molecule has 0 fully saturated rings. The molecule has 0 aromatic carbocycles. The van der Waals surface area contributed by atoms with Gasteiger partial charge in [-0.25, -0.2) is 4.98 Å². The molecule has 0 atom stereocenters. The molecular formula is C16H30N4. The summed E-state index contributed by atoms with van der Waals surface area (Å²) < 4.78 is 0. The van der Waals surface area contributed by atoms with Crippen LogP contribution in [0.2, 0.25) is 0 Å². The SMILES string of the molecule is CCCNc1cc(CN(CCC)CCN(C)C)ccn1. The molecule has 0 bridgehead atoms. The van der Waals surface area contributed by atoms with Gasteiger partial charge in [0.1, 0.15) is 5.82 Å². The van der Waals surface area contributed by atoms with Gasteiger partial charge in [0, 0.05) is 32.4 Å². The highest BCUT2D eigenvalue weighted by atomic mass is 15.2. The summed E-state index contributed by atoms with van der Waals surface area (Å²) in [5.74, 6) is 0.994. The van der Waals surface area contributed by atoms with Gasteiger partial charge in [0.2, 0.25) is 0 Å². The molecule has 4 nitrogen and oxygen atoms in total. The van der Waals surface area contributed by atoms with E-state index in [1.807, 2.05) is 6.20 Å². The van der Waals surface area contributed by atoms with E-state index < -0.39 is 0 Å². The predicted octanol–water partition coefficient (Wildman–Crippen LogP) is 2.68. The van der Waals surface area contributed by atoms with E-state index in [0.717, 1.165) is 45.0 Å². The highest BCUT2D eigenvalue weighted by molar-refractivity contribution is 5.37. The molecule has 20 heavy (non-hydrogen) atoms. The van der Waals surface area contributed by atoms with Crippen LogP contribution in [0.15, 0.2) is 18.3 Å². The molecule has 0 aliphatic heterocycles. The Morgan fingerprint density at radius 3 is 2.55 bits per heavy atom. The van der Waals surface area contributed by atoms with Crippen LogP contribution in [0.25, 0.3) is 0 Å². The third-order valence-electron chi connectivity index (χ3n) is 3.19. The molecule has 0 saturated heterocycles. The minimum absolute atomic E-state index is 0.982. The molecule has 1 rings (SSSR count). The van der Waals surface area contributed by atoms with Crippen molar-refractivity contribution in [2.75, 3.05) is 45.6 Å². The second kappa shape index (κ2) is 9.72. The quantitative estimate of drug-likeness (QED) is 0.713. The minimum Gasteiger partial charge on any atom is -0.370 e. The van der Waals surface area contributed by atoms with Crippen molar-refractivity contribution >= 4 is 5.82 Å². The van der Waals surface area contributed by atoms with Crippen molar-refractivity contribution in [2.45, 2.75) is 33.2 Å².